The molecule has 5 nitrogen and oxygen atoms in total. The second kappa shape index (κ2) is 4.88. The first-order valence-electron chi connectivity index (χ1n) is 9.86. The lowest BCUT2D eigenvalue weighted by atomic mass is 9.51. The number of piperazine rings is 1. The number of hydrogen-bond donors (Lipinski definition) is 2. The van der Waals surface area contributed by atoms with Crippen LogP contribution in [0.15, 0.2) is 12.1 Å². The highest BCUT2D eigenvalue weighted by Crippen LogP contribution is 2.59. The third kappa shape index (κ3) is 1.65. The zero-order valence-electron chi connectivity index (χ0n) is 15.8. The van der Waals surface area contributed by atoms with Gasteiger partial charge in [0.25, 0.3) is 0 Å². The second-order valence-electron chi connectivity index (χ2n) is 9.44. The van der Waals surface area contributed by atoms with Gasteiger partial charge in [-0.2, -0.15) is 0 Å². The number of halogens is 2. The maximum Gasteiger partial charge on any atom is 0.249 e. The quantitative estimate of drug-likeness (QED) is 0.687. The van der Waals surface area contributed by atoms with Crippen LogP contribution < -0.4 is 5.32 Å². The van der Waals surface area contributed by atoms with Crippen LogP contribution >= 0.6 is 23.2 Å². The lowest BCUT2D eigenvalue weighted by molar-refractivity contribution is -0.179. The van der Waals surface area contributed by atoms with E-state index in [0.29, 0.717) is 23.0 Å². The topological polar surface area (TPSA) is 65.2 Å². The normalized spacial score (nSPS) is 35.0. The van der Waals surface area contributed by atoms with Crippen LogP contribution in [0.1, 0.15) is 44.4 Å². The molecule has 7 heteroatoms. The fraction of sp³-hybridized carbons (Fsp3) is 0.524. The lowest BCUT2D eigenvalue weighted by Crippen LogP contribution is -2.84. The molecule has 1 aliphatic carbocycles. The summed E-state index contributed by atoms with van der Waals surface area (Å²) in [5, 5.41) is 5.08. The zero-order valence-corrected chi connectivity index (χ0v) is 17.3. The molecule has 0 radical (unpaired) electrons. The van der Waals surface area contributed by atoms with Gasteiger partial charge in [-0.3, -0.25) is 9.59 Å². The minimum Gasteiger partial charge on any atom is -0.358 e. The lowest BCUT2D eigenvalue weighted by Gasteiger charge is -2.64. The van der Waals surface area contributed by atoms with Crippen LogP contribution in [0.3, 0.4) is 0 Å². The number of nitrogens with one attached hydrogen (secondary N) is 2. The summed E-state index contributed by atoms with van der Waals surface area (Å²) >= 11 is 12.9. The summed E-state index contributed by atoms with van der Waals surface area (Å²) in [4.78, 5) is 32.3. The first-order valence-corrected chi connectivity index (χ1v) is 10.6. The van der Waals surface area contributed by atoms with Crippen LogP contribution in [0.5, 0.6) is 0 Å². The molecule has 2 amide bonds. The minimum atomic E-state index is -0.902. The number of carbonyl (C=O) groups excluding carboxylic acids is 2. The molecule has 4 aliphatic heterocycles. The number of fused-ring (bicyclic) bond motifs is 4. The first kappa shape index (κ1) is 17.2. The molecule has 7 rings (SSSR count). The van der Waals surface area contributed by atoms with E-state index in [2.05, 4.69) is 24.1 Å². The Labute approximate surface area is 172 Å². The Morgan fingerprint density at radius 2 is 2.00 bits per heavy atom. The molecule has 2 N–H and O–H groups in total. The molecule has 4 saturated heterocycles. The van der Waals surface area contributed by atoms with E-state index in [1.807, 2.05) is 11.0 Å². The highest BCUT2D eigenvalue weighted by atomic mass is 35.5. The summed E-state index contributed by atoms with van der Waals surface area (Å²) < 4.78 is 0. The molecule has 2 bridgehead atoms. The molecule has 28 heavy (non-hydrogen) atoms. The van der Waals surface area contributed by atoms with Crippen LogP contribution in [0.2, 0.25) is 10.0 Å². The van der Waals surface area contributed by atoms with Crippen LogP contribution in [0.4, 0.5) is 0 Å². The molecule has 146 valence electrons. The highest BCUT2D eigenvalue weighted by molar-refractivity contribution is 6.45. The SMILES string of the molecule is CC1(C)c2[nH]c3ccc(Cl)c(Cl)c3c2C[C@@]23NC(=O)[C@]4(CCCN4C2=O)C[C@H]13. The average Bonchev–Trinajstić information content (AvgIpc) is 3.23. The maximum absolute atomic E-state index is 13.7. The van der Waals surface area contributed by atoms with Gasteiger partial charge >= 0.3 is 0 Å². The molecule has 2 aromatic rings. The van der Waals surface area contributed by atoms with Crippen molar-refractivity contribution in [2.24, 2.45) is 5.92 Å². The van der Waals surface area contributed by atoms with Crippen molar-refractivity contribution in [2.45, 2.75) is 56.0 Å². The molecule has 1 aromatic carbocycles. The highest BCUT2D eigenvalue weighted by Gasteiger charge is 2.72. The fourth-order valence-electron chi connectivity index (χ4n) is 6.66. The number of amides is 2. The number of aromatic nitrogens is 1. The number of piperidine rings is 2. The third-order valence-electron chi connectivity index (χ3n) is 7.94. The number of carbonyl (C=O) groups is 2. The summed E-state index contributed by atoms with van der Waals surface area (Å²) in [5.41, 5.74) is 1.16. The number of rotatable bonds is 0. The predicted octanol–water partition coefficient (Wildman–Crippen LogP) is 3.56. The number of nitrogens with zero attached hydrogens (tertiary/aromatic N) is 1. The van der Waals surface area contributed by atoms with Gasteiger partial charge in [0, 0.05) is 40.9 Å². The van der Waals surface area contributed by atoms with Crippen molar-refractivity contribution in [3.63, 3.8) is 0 Å². The number of hydrogen-bond acceptors (Lipinski definition) is 2. The van der Waals surface area contributed by atoms with Crippen LogP contribution in [-0.4, -0.2) is 39.3 Å². The molecular formula is C21H21Cl2N3O2. The van der Waals surface area contributed by atoms with Crippen LogP contribution in [-0.2, 0) is 21.4 Å². The summed E-state index contributed by atoms with van der Waals surface area (Å²) in [6.07, 6.45) is 2.82. The van der Waals surface area contributed by atoms with Crippen LogP contribution in [0.25, 0.3) is 10.9 Å². The smallest absolute Gasteiger partial charge is 0.249 e. The second-order valence-corrected chi connectivity index (χ2v) is 10.2. The molecular weight excluding hydrogens is 397 g/mol. The van der Waals surface area contributed by atoms with E-state index >= 15 is 0 Å². The molecule has 4 fully saturated rings. The standard InChI is InChI=1S/C21H21Cl2N3O2/c1-19(2)13-9-20-6-3-7-26(20)18(28)21(13,25-17(20)27)8-10-14-12(24-16(10)19)5-4-11(22)15(14)23/h4-5,13,24H,3,6-9H2,1-2H3,(H,25,27)/t13-,20+,21+/m1/s1. The van der Waals surface area contributed by atoms with E-state index in [1.54, 1.807) is 6.07 Å². The van der Waals surface area contributed by atoms with Crippen molar-refractivity contribution < 1.29 is 9.59 Å². The summed E-state index contributed by atoms with van der Waals surface area (Å²) in [6.45, 7) is 5.03. The third-order valence-corrected chi connectivity index (χ3v) is 8.74. The van der Waals surface area contributed by atoms with Gasteiger partial charge in [-0.1, -0.05) is 37.0 Å². The molecule has 2 spiro atoms. The first-order chi connectivity index (χ1) is 13.2. The maximum atomic E-state index is 13.7. The van der Waals surface area contributed by atoms with Crippen molar-refractivity contribution in [3.05, 3.63) is 33.4 Å². The van der Waals surface area contributed by atoms with Crippen molar-refractivity contribution >= 4 is 45.9 Å². The minimum absolute atomic E-state index is 0.0177. The summed E-state index contributed by atoms with van der Waals surface area (Å²) in [6, 6.07) is 3.73. The van der Waals surface area contributed by atoms with Gasteiger partial charge in [-0.05, 0) is 37.0 Å². The fourth-order valence-corrected chi connectivity index (χ4v) is 7.09. The zero-order chi connectivity index (χ0) is 19.6. The van der Waals surface area contributed by atoms with Gasteiger partial charge in [0.05, 0.1) is 10.0 Å². The summed E-state index contributed by atoms with van der Waals surface area (Å²) in [7, 11) is 0. The van der Waals surface area contributed by atoms with Gasteiger partial charge in [-0.15, -0.1) is 0 Å². The van der Waals surface area contributed by atoms with Gasteiger partial charge in [0.15, 0.2) is 0 Å². The van der Waals surface area contributed by atoms with E-state index in [-0.39, 0.29) is 23.1 Å². The average molecular weight is 418 g/mol. The number of benzene rings is 1. The number of aromatic amines is 1. The van der Waals surface area contributed by atoms with Crippen molar-refractivity contribution in [1.82, 2.24) is 15.2 Å². The molecule has 0 saturated carbocycles. The number of H-pyrrole nitrogens is 1. The Balaban J connectivity index is 1.65. The van der Waals surface area contributed by atoms with Crippen molar-refractivity contribution in [2.75, 3.05) is 6.54 Å². The molecule has 3 atom stereocenters. The Hall–Kier alpha value is -1.72. The van der Waals surface area contributed by atoms with Gasteiger partial charge in [-0.25, -0.2) is 0 Å². The summed E-state index contributed by atoms with van der Waals surface area (Å²) in [5.74, 6) is 0.130. The Kier molecular flexibility index (Phi) is 2.99. The molecule has 0 unspecified atom stereocenters. The van der Waals surface area contributed by atoms with Crippen molar-refractivity contribution in [3.8, 4) is 0 Å². The Morgan fingerprint density at radius 3 is 2.79 bits per heavy atom. The Morgan fingerprint density at radius 1 is 1.21 bits per heavy atom. The van der Waals surface area contributed by atoms with E-state index < -0.39 is 11.1 Å². The molecule has 5 heterocycles. The predicted molar refractivity (Wildman–Crippen MR) is 108 cm³/mol. The van der Waals surface area contributed by atoms with Gasteiger partial charge < -0.3 is 15.2 Å². The van der Waals surface area contributed by atoms with Crippen LogP contribution in [0, 0.1) is 5.92 Å². The monoisotopic (exact) mass is 417 g/mol. The molecule has 1 aromatic heterocycles. The van der Waals surface area contributed by atoms with E-state index in [9.17, 15) is 9.59 Å². The van der Waals surface area contributed by atoms with Crippen molar-refractivity contribution in [1.29, 1.82) is 0 Å². The van der Waals surface area contributed by atoms with E-state index in [4.69, 9.17) is 23.2 Å². The van der Waals surface area contributed by atoms with Gasteiger partial charge in [0.1, 0.15) is 11.1 Å². The van der Waals surface area contributed by atoms with E-state index in [0.717, 1.165) is 41.4 Å². The Bertz CT molecular complexity index is 1110. The van der Waals surface area contributed by atoms with Gasteiger partial charge in [0.2, 0.25) is 11.8 Å². The molecule has 5 aliphatic rings. The largest absolute Gasteiger partial charge is 0.358 e. The van der Waals surface area contributed by atoms with E-state index in [1.165, 1.54) is 0 Å².